The zero-order valence-electron chi connectivity index (χ0n) is 5.12. The highest BCUT2D eigenvalue weighted by molar-refractivity contribution is 6.18. The van der Waals surface area contributed by atoms with Gasteiger partial charge in [-0.2, -0.15) is 0 Å². The van der Waals surface area contributed by atoms with E-state index in [0.717, 1.165) is 0 Å². The van der Waals surface area contributed by atoms with Gasteiger partial charge in [0.1, 0.15) is 6.10 Å². The minimum atomic E-state index is -1.27. The molecule has 0 amide bonds. The lowest BCUT2D eigenvalue weighted by molar-refractivity contribution is -0.158. The lowest BCUT2D eigenvalue weighted by atomic mass is 10.2. The third-order valence-corrected chi connectivity index (χ3v) is 1.60. The van der Waals surface area contributed by atoms with Crippen molar-refractivity contribution in [3.8, 4) is 0 Å². The summed E-state index contributed by atoms with van der Waals surface area (Å²) in [7, 11) is 0. The first kappa shape index (κ1) is 7.63. The Morgan fingerprint density at radius 2 is 2.60 bits per heavy atom. The van der Waals surface area contributed by atoms with Crippen LogP contribution in [0.15, 0.2) is 0 Å². The Bertz CT molecular complexity index is 136. The molecule has 0 aromatic heterocycles. The average molecular weight is 167 g/mol. The average Bonchev–Trinajstić information content (AvgIpc) is 1.82. The van der Waals surface area contributed by atoms with Crippen molar-refractivity contribution >= 4 is 17.8 Å². The first-order valence-electron chi connectivity index (χ1n) is 2.81. The van der Waals surface area contributed by atoms with Crippen LogP contribution in [0.4, 0.5) is 4.79 Å². The summed E-state index contributed by atoms with van der Waals surface area (Å²) in [5.41, 5.74) is 0. The highest BCUT2D eigenvalue weighted by Crippen LogP contribution is 2.17. The van der Waals surface area contributed by atoms with E-state index in [1.165, 1.54) is 0 Å². The van der Waals surface area contributed by atoms with Gasteiger partial charge in [0.05, 0.1) is 12.5 Å². The second kappa shape index (κ2) is 3.07. The van der Waals surface area contributed by atoms with Crippen molar-refractivity contribution in [2.24, 2.45) is 0 Å². The second-order valence-corrected chi connectivity index (χ2v) is 2.26. The highest BCUT2D eigenvalue weighted by atomic mass is 35.5. The van der Waals surface area contributed by atoms with Gasteiger partial charge in [0.2, 0.25) is 0 Å². The van der Waals surface area contributed by atoms with Crippen LogP contribution >= 0.6 is 11.6 Å². The van der Waals surface area contributed by atoms with Gasteiger partial charge in [0.25, 0.3) is 0 Å². The molecule has 0 aliphatic carbocycles. The van der Waals surface area contributed by atoms with Crippen molar-refractivity contribution in [3.63, 3.8) is 0 Å². The molecule has 1 aliphatic rings. The van der Waals surface area contributed by atoms with Gasteiger partial charge in [-0.15, -0.1) is 11.6 Å². The summed E-state index contributed by atoms with van der Waals surface area (Å²) in [5, 5.41) is 8.14. The highest BCUT2D eigenvalue weighted by Gasteiger charge is 2.34. The molecule has 10 heavy (non-hydrogen) atoms. The predicted molar refractivity (Wildman–Crippen MR) is 33.4 cm³/mol. The molecule has 1 N–H and O–H groups in total. The van der Waals surface area contributed by atoms with Gasteiger partial charge in [-0.25, -0.2) is 4.79 Å². The van der Waals surface area contributed by atoms with E-state index in [9.17, 15) is 4.79 Å². The van der Waals surface area contributed by atoms with Crippen LogP contribution in [0.25, 0.3) is 0 Å². The number of alkyl halides is 1. The minimum absolute atomic E-state index is 0.252. The molecule has 0 aromatic rings. The summed E-state index contributed by atoms with van der Waals surface area (Å²) in [4.78, 5) is 9.94. The van der Waals surface area contributed by atoms with Crippen LogP contribution in [0.1, 0.15) is 0 Å². The quantitative estimate of drug-likeness (QED) is 0.484. The first-order chi connectivity index (χ1) is 4.74. The molecular formula is C5H7ClO4. The van der Waals surface area contributed by atoms with Crippen molar-refractivity contribution in [2.75, 3.05) is 12.5 Å². The van der Waals surface area contributed by atoms with E-state index in [4.69, 9.17) is 21.4 Å². The fraction of sp³-hybridized carbons (Fsp3) is 0.800. The summed E-state index contributed by atoms with van der Waals surface area (Å²) in [5.74, 6) is 0.276. The molecule has 2 unspecified atom stereocenters. The third-order valence-electron chi connectivity index (χ3n) is 1.29. The van der Waals surface area contributed by atoms with E-state index < -0.39 is 6.16 Å². The summed E-state index contributed by atoms with van der Waals surface area (Å²) in [6.45, 7) is 0.323. The van der Waals surface area contributed by atoms with E-state index >= 15 is 0 Å². The molecule has 0 saturated carbocycles. The van der Waals surface area contributed by atoms with Crippen molar-refractivity contribution in [1.82, 2.24) is 0 Å². The molecule has 1 saturated heterocycles. The molecule has 1 heterocycles. The Morgan fingerprint density at radius 3 is 2.90 bits per heavy atom. The summed E-state index contributed by atoms with van der Waals surface area (Å²) in [6.07, 6.45) is -1.89. The van der Waals surface area contributed by atoms with Gasteiger partial charge in [-0.05, 0) is 0 Å². The van der Waals surface area contributed by atoms with Crippen LogP contribution < -0.4 is 0 Å². The van der Waals surface area contributed by atoms with E-state index in [1.54, 1.807) is 0 Å². The third kappa shape index (κ3) is 1.52. The molecule has 58 valence electrons. The number of hydrogen-bond acceptors (Lipinski definition) is 3. The van der Waals surface area contributed by atoms with E-state index in [0.29, 0.717) is 6.61 Å². The molecular weight excluding hydrogens is 160 g/mol. The van der Waals surface area contributed by atoms with E-state index in [1.807, 2.05) is 0 Å². The number of hydrogen-bond donors (Lipinski definition) is 1. The molecule has 1 fully saturated rings. The standard InChI is InChI=1S/C5H7ClO4/c6-1-3-4(2-9-3)10-5(7)8/h3-4H,1-2H2,(H,7,8). The normalized spacial score (nSPS) is 30.9. The van der Waals surface area contributed by atoms with Gasteiger partial charge in [0, 0.05) is 0 Å². The number of ether oxygens (including phenoxy) is 2. The van der Waals surface area contributed by atoms with Crippen LogP contribution in [-0.2, 0) is 9.47 Å². The monoisotopic (exact) mass is 166 g/mol. The molecule has 0 aromatic carbocycles. The Labute approximate surface area is 62.7 Å². The summed E-state index contributed by atoms with van der Waals surface area (Å²) in [6, 6.07) is 0. The van der Waals surface area contributed by atoms with Crippen LogP contribution in [0.2, 0.25) is 0 Å². The molecule has 4 nitrogen and oxygen atoms in total. The summed E-state index contributed by atoms with van der Waals surface area (Å²) >= 11 is 5.38. The number of carbonyl (C=O) groups is 1. The molecule has 0 spiro atoms. The van der Waals surface area contributed by atoms with Crippen LogP contribution in [-0.4, -0.2) is 36.0 Å². The smallest absolute Gasteiger partial charge is 0.450 e. The molecule has 1 rings (SSSR count). The van der Waals surface area contributed by atoms with E-state index in [2.05, 4.69) is 4.74 Å². The molecule has 0 bridgehead atoms. The topological polar surface area (TPSA) is 55.8 Å². The first-order valence-corrected chi connectivity index (χ1v) is 3.34. The van der Waals surface area contributed by atoms with Crippen LogP contribution in [0.3, 0.4) is 0 Å². The lowest BCUT2D eigenvalue weighted by Gasteiger charge is -2.33. The summed E-state index contributed by atoms with van der Waals surface area (Å²) < 4.78 is 9.27. The van der Waals surface area contributed by atoms with Gasteiger partial charge in [-0.1, -0.05) is 0 Å². The zero-order valence-corrected chi connectivity index (χ0v) is 5.87. The molecule has 0 radical (unpaired) electrons. The molecule has 1 aliphatic heterocycles. The zero-order chi connectivity index (χ0) is 7.56. The number of halogens is 1. The van der Waals surface area contributed by atoms with Gasteiger partial charge >= 0.3 is 6.16 Å². The van der Waals surface area contributed by atoms with Crippen molar-refractivity contribution in [1.29, 1.82) is 0 Å². The number of rotatable bonds is 2. The number of carboxylic acid groups (broad SMARTS) is 1. The Balaban J connectivity index is 2.23. The minimum Gasteiger partial charge on any atom is -0.450 e. The van der Waals surface area contributed by atoms with Crippen LogP contribution in [0.5, 0.6) is 0 Å². The Morgan fingerprint density at radius 1 is 1.90 bits per heavy atom. The Kier molecular flexibility index (Phi) is 2.34. The maximum absolute atomic E-state index is 9.94. The fourth-order valence-corrected chi connectivity index (χ4v) is 0.982. The maximum atomic E-state index is 9.94. The van der Waals surface area contributed by atoms with E-state index in [-0.39, 0.29) is 18.1 Å². The van der Waals surface area contributed by atoms with Crippen molar-refractivity contribution in [3.05, 3.63) is 0 Å². The van der Waals surface area contributed by atoms with Crippen molar-refractivity contribution < 1.29 is 19.4 Å². The van der Waals surface area contributed by atoms with Gasteiger partial charge < -0.3 is 14.6 Å². The second-order valence-electron chi connectivity index (χ2n) is 1.95. The molecule has 5 heteroatoms. The van der Waals surface area contributed by atoms with Crippen LogP contribution in [0, 0.1) is 0 Å². The largest absolute Gasteiger partial charge is 0.506 e. The Hall–Kier alpha value is -0.480. The maximum Gasteiger partial charge on any atom is 0.506 e. The lowest BCUT2D eigenvalue weighted by Crippen LogP contribution is -2.48. The fourth-order valence-electron chi connectivity index (χ4n) is 0.694. The predicted octanol–water partition coefficient (Wildman–Crippen LogP) is 0.687. The SMILES string of the molecule is O=C(O)OC1COC1CCl. The molecule has 2 atom stereocenters. The van der Waals surface area contributed by atoms with Gasteiger partial charge in [0.15, 0.2) is 6.10 Å². The van der Waals surface area contributed by atoms with Gasteiger partial charge in [-0.3, -0.25) is 0 Å². The van der Waals surface area contributed by atoms with Crippen molar-refractivity contribution in [2.45, 2.75) is 12.2 Å².